The molecule has 21 heavy (non-hydrogen) atoms. The molecule has 0 aromatic heterocycles. The van der Waals surface area contributed by atoms with Crippen LogP contribution in [-0.2, 0) is 14.3 Å². The van der Waals surface area contributed by atoms with Crippen molar-refractivity contribution < 1.29 is 19.1 Å². The zero-order chi connectivity index (χ0) is 15.4. The van der Waals surface area contributed by atoms with E-state index in [1.54, 1.807) is 29.2 Å². The molecule has 0 spiro atoms. The molecule has 0 saturated carbocycles. The van der Waals surface area contributed by atoms with Crippen LogP contribution in [0.5, 0.6) is 0 Å². The number of methoxy groups -OCH3 is 1. The fraction of sp³-hybridized carbons (Fsp3) is 0.400. The van der Waals surface area contributed by atoms with Crippen LogP contribution in [0.25, 0.3) is 0 Å². The summed E-state index contributed by atoms with van der Waals surface area (Å²) in [5.74, 6) is -0.714. The van der Waals surface area contributed by atoms with Crippen LogP contribution in [0.2, 0.25) is 0 Å². The summed E-state index contributed by atoms with van der Waals surface area (Å²) in [7, 11) is 1.31. The molecule has 1 aliphatic heterocycles. The summed E-state index contributed by atoms with van der Waals surface area (Å²) in [6.07, 6.45) is 1.50. The van der Waals surface area contributed by atoms with Gasteiger partial charge in [0.15, 0.2) is 0 Å². The predicted molar refractivity (Wildman–Crippen MR) is 76.8 cm³/mol. The Bertz CT molecular complexity index is 553. The Morgan fingerprint density at radius 2 is 1.90 bits per heavy atom. The molecule has 2 rings (SSSR count). The van der Waals surface area contributed by atoms with Crippen LogP contribution in [0.15, 0.2) is 24.3 Å². The number of carbonyl (C=O) groups excluding carboxylic acids is 3. The zero-order valence-corrected chi connectivity index (χ0v) is 12.1. The molecular weight excluding hydrogens is 272 g/mol. The molecule has 0 aliphatic carbocycles. The van der Waals surface area contributed by atoms with Crippen LogP contribution in [0, 0.1) is 0 Å². The first-order valence-corrected chi connectivity index (χ1v) is 6.79. The Morgan fingerprint density at radius 1 is 1.24 bits per heavy atom. The number of nitrogens with zero attached hydrogens (tertiary/aromatic N) is 1. The summed E-state index contributed by atoms with van der Waals surface area (Å²) >= 11 is 0. The van der Waals surface area contributed by atoms with Crippen LogP contribution < -0.4 is 5.32 Å². The van der Waals surface area contributed by atoms with Crippen molar-refractivity contribution in [1.29, 1.82) is 0 Å². The maximum Gasteiger partial charge on any atom is 0.337 e. The molecule has 112 valence electrons. The number of amides is 2. The van der Waals surface area contributed by atoms with Crippen molar-refractivity contribution >= 4 is 23.5 Å². The molecule has 0 radical (unpaired) electrons. The van der Waals surface area contributed by atoms with Crippen molar-refractivity contribution in [3.05, 3.63) is 29.8 Å². The minimum Gasteiger partial charge on any atom is -0.465 e. The fourth-order valence-corrected chi connectivity index (χ4v) is 2.45. The van der Waals surface area contributed by atoms with E-state index in [-0.39, 0.29) is 11.8 Å². The van der Waals surface area contributed by atoms with Crippen LogP contribution in [-0.4, -0.2) is 42.4 Å². The molecule has 1 aromatic rings. The van der Waals surface area contributed by atoms with Crippen molar-refractivity contribution in [2.24, 2.45) is 0 Å². The van der Waals surface area contributed by atoms with Crippen molar-refractivity contribution in [3.8, 4) is 0 Å². The van der Waals surface area contributed by atoms with Gasteiger partial charge >= 0.3 is 5.97 Å². The van der Waals surface area contributed by atoms with Gasteiger partial charge in [-0.1, -0.05) is 0 Å². The third-order valence-corrected chi connectivity index (χ3v) is 3.53. The highest BCUT2D eigenvalue weighted by atomic mass is 16.5. The first-order chi connectivity index (χ1) is 10.0. The van der Waals surface area contributed by atoms with E-state index in [9.17, 15) is 14.4 Å². The van der Waals surface area contributed by atoms with Gasteiger partial charge < -0.3 is 15.0 Å². The highest BCUT2D eigenvalue weighted by Crippen LogP contribution is 2.19. The number of benzene rings is 1. The lowest BCUT2D eigenvalue weighted by Crippen LogP contribution is -2.42. The van der Waals surface area contributed by atoms with Gasteiger partial charge in [0.05, 0.1) is 12.7 Å². The molecule has 1 aliphatic rings. The third-order valence-electron chi connectivity index (χ3n) is 3.53. The predicted octanol–water partition coefficient (Wildman–Crippen LogP) is 1.42. The Hall–Kier alpha value is -2.37. The van der Waals surface area contributed by atoms with E-state index in [1.807, 2.05) is 0 Å². The van der Waals surface area contributed by atoms with Crippen LogP contribution >= 0.6 is 0 Å². The molecule has 1 fully saturated rings. The number of anilines is 1. The normalized spacial score (nSPS) is 17.4. The number of nitrogens with one attached hydrogen (secondary N) is 1. The summed E-state index contributed by atoms with van der Waals surface area (Å²) < 4.78 is 4.61. The molecule has 0 bridgehead atoms. The van der Waals surface area contributed by atoms with Gasteiger partial charge in [0, 0.05) is 19.2 Å². The second kappa shape index (κ2) is 6.39. The fourth-order valence-electron chi connectivity index (χ4n) is 2.45. The molecule has 0 unspecified atom stereocenters. The molecular formula is C15H18N2O4. The maximum atomic E-state index is 12.2. The molecule has 1 N–H and O–H groups in total. The highest BCUT2D eigenvalue weighted by molar-refractivity contribution is 5.97. The SMILES string of the molecule is COC(=O)c1ccc(NC(=O)[C@H]2CCCN2C(C)=O)cc1. The van der Waals surface area contributed by atoms with Gasteiger partial charge in [-0.25, -0.2) is 4.79 Å². The highest BCUT2D eigenvalue weighted by Gasteiger charge is 2.32. The number of hydrogen-bond donors (Lipinski definition) is 1. The van der Waals surface area contributed by atoms with E-state index >= 15 is 0 Å². The monoisotopic (exact) mass is 290 g/mol. The second-order valence-corrected chi connectivity index (χ2v) is 4.93. The number of carbonyl (C=O) groups is 3. The molecule has 1 saturated heterocycles. The van der Waals surface area contributed by atoms with E-state index in [0.29, 0.717) is 24.2 Å². The maximum absolute atomic E-state index is 12.2. The van der Waals surface area contributed by atoms with E-state index in [1.165, 1.54) is 14.0 Å². The number of likely N-dealkylation sites (tertiary alicyclic amines) is 1. The van der Waals surface area contributed by atoms with Crippen molar-refractivity contribution in [2.45, 2.75) is 25.8 Å². The smallest absolute Gasteiger partial charge is 0.337 e. The summed E-state index contributed by atoms with van der Waals surface area (Å²) in [5, 5.41) is 2.77. The number of ether oxygens (including phenoxy) is 1. The molecule has 6 heteroatoms. The first-order valence-electron chi connectivity index (χ1n) is 6.79. The van der Waals surface area contributed by atoms with Crippen LogP contribution in [0.3, 0.4) is 0 Å². The average molecular weight is 290 g/mol. The van der Waals surface area contributed by atoms with Crippen LogP contribution in [0.4, 0.5) is 5.69 Å². The second-order valence-electron chi connectivity index (χ2n) is 4.93. The molecule has 2 amide bonds. The van der Waals surface area contributed by atoms with Gasteiger partial charge in [0.1, 0.15) is 6.04 Å². The van der Waals surface area contributed by atoms with E-state index in [4.69, 9.17) is 0 Å². The summed E-state index contributed by atoms with van der Waals surface area (Å²) in [6, 6.07) is 6.02. The average Bonchev–Trinajstić information content (AvgIpc) is 2.97. The Balaban J connectivity index is 2.02. The quantitative estimate of drug-likeness (QED) is 0.854. The Kier molecular flexibility index (Phi) is 4.57. The number of esters is 1. The van der Waals surface area contributed by atoms with Gasteiger partial charge in [-0.3, -0.25) is 9.59 Å². The van der Waals surface area contributed by atoms with Gasteiger partial charge in [-0.05, 0) is 37.1 Å². The van der Waals surface area contributed by atoms with E-state index in [2.05, 4.69) is 10.1 Å². The van der Waals surface area contributed by atoms with Gasteiger partial charge in [0.25, 0.3) is 0 Å². The van der Waals surface area contributed by atoms with E-state index in [0.717, 1.165) is 6.42 Å². The first kappa shape index (κ1) is 15.0. The summed E-state index contributed by atoms with van der Waals surface area (Å²) in [6.45, 7) is 2.09. The summed E-state index contributed by atoms with van der Waals surface area (Å²) in [5.41, 5.74) is 1.00. The minimum atomic E-state index is -0.425. The van der Waals surface area contributed by atoms with Gasteiger partial charge in [-0.2, -0.15) is 0 Å². The van der Waals surface area contributed by atoms with Crippen molar-refractivity contribution in [3.63, 3.8) is 0 Å². The minimum absolute atomic E-state index is 0.0892. The molecule has 1 heterocycles. The molecule has 6 nitrogen and oxygen atoms in total. The number of hydrogen-bond acceptors (Lipinski definition) is 4. The van der Waals surface area contributed by atoms with E-state index < -0.39 is 12.0 Å². The largest absolute Gasteiger partial charge is 0.465 e. The number of rotatable bonds is 3. The van der Waals surface area contributed by atoms with Crippen molar-refractivity contribution in [2.75, 3.05) is 19.0 Å². The lowest BCUT2D eigenvalue weighted by molar-refractivity contribution is -0.134. The summed E-state index contributed by atoms with van der Waals surface area (Å²) in [4.78, 5) is 36.6. The lowest BCUT2D eigenvalue weighted by atomic mass is 10.1. The van der Waals surface area contributed by atoms with Gasteiger partial charge in [0.2, 0.25) is 11.8 Å². The Morgan fingerprint density at radius 3 is 2.48 bits per heavy atom. The third kappa shape index (κ3) is 3.39. The van der Waals surface area contributed by atoms with Crippen molar-refractivity contribution in [1.82, 2.24) is 4.90 Å². The van der Waals surface area contributed by atoms with Crippen LogP contribution in [0.1, 0.15) is 30.1 Å². The van der Waals surface area contributed by atoms with Gasteiger partial charge in [-0.15, -0.1) is 0 Å². The Labute approximate surface area is 123 Å². The lowest BCUT2D eigenvalue weighted by Gasteiger charge is -2.22. The zero-order valence-electron chi connectivity index (χ0n) is 12.1. The molecule has 1 aromatic carbocycles. The standard InChI is InChI=1S/C15H18N2O4/c1-10(18)17-9-3-4-13(17)14(19)16-12-7-5-11(6-8-12)15(20)21-2/h5-8,13H,3-4,9H2,1-2H3,(H,16,19)/t13-/m1/s1. The molecule has 1 atom stereocenters. The topological polar surface area (TPSA) is 75.7 Å².